The first-order valence-electron chi connectivity index (χ1n) is 8.39. The zero-order valence-corrected chi connectivity index (χ0v) is 15.9. The summed E-state index contributed by atoms with van der Waals surface area (Å²) in [5.74, 6) is -0.695. The lowest BCUT2D eigenvalue weighted by Gasteiger charge is -2.05. The van der Waals surface area contributed by atoms with E-state index in [1.165, 1.54) is 11.3 Å². The Morgan fingerprint density at radius 3 is 2.62 bits per heavy atom. The molecule has 0 bridgehead atoms. The van der Waals surface area contributed by atoms with Crippen LogP contribution in [0, 0.1) is 13.8 Å². The molecule has 0 fully saturated rings. The van der Waals surface area contributed by atoms with Crippen LogP contribution in [0.4, 0.5) is 5.13 Å². The van der Waals surface area contributed by atoms with Crippen LogP contribution in [0.5, 0.6) is 0 Å². The Kier molecular flexibility index (Phi) is 7.03. The second-order valence-corrected chi connectivity index (χ2v) is 6.75. The molecule has 6 nitrogen and oxygen atoms in total. The third-order valence-electron chi connectivity index (χ3n) is 3.84. The first kappa shape index (κ1) is 19.8. The van der Waals surface area contributed by atoms with Crippen LogP contribution in [0.1, 0.15) is 46.9 Å². The van der Waals surface area contributed by atoms with Crippen molar-refractivity contribution in [2.75, 3.05) is 11.9 Å². The first-order chi connectivity index (χ1) is 12.4. The molecular formula is C19H22N2O4S. The van der Waals surface area contributed by atoms with Crippen molar-refractivity contribution >= 4 is 34.1 Å². The van der Waals surface area contributed by atoms with Gasteiger partial charge in [0.05, 0.1) is 18.7 Å². The Morgan fingerprint density at radius 1 is 1.15 bits per heavy atom. The quantitative estimate of drug-likeness (QED) is 0.565. The Balaban J connectivity index is 1.83. The van der Waals surface area contributed by atoms with Crippen LogP contribution in [0.25, 0.3) is 0 Å². The van der Waals surface area contributed by atoms with Crippen molar-refractivity contribution in [2.24, 2.45) is 0 Å². The number of hydrogen-bond acceptors (Lipinski definition) is 6. The molecule has 0 atom stereocenters. The van der Waals surface area contributed by atoms with Crippen LogP contribution in [-0.2, 0) is 20.7 Å². The van der Waals surface area contributed by atoms with E-state index in [0.29, 0.717) is 23.0 Å². The maximum absolute atomic E-state index is 12.2. The summed E-state index contributed by atoms with van der Waals surface area (Å²) in [4.78, 5) is 39.8. The molecule has 1 N–H and O–H groups in total. The fourth-order valence-electron chi connectivity index (χ4n) is 2.27. The number of aryl methyl sites for hydroxylation is 2. The number of anilines is 1. The number of rotatable bonds is 8. The summed E-state index contributed by atoms with van der Waals surface area (Å²) in [6, 6.07) is 5.53. The number of carbonyl (C=O) groups is 3. The van der Waals surface area contributed by atoms with Gasteiger partial charge in [0.25, 0.3) is 0 Å². The number of carbonyl (C=O) groups excluding carboxylic acids is 3. The molecule has 1 heterocycles. The topological polar surface area (TPSA) is 85.4 Å². The number of esters is 1. The molecular weight excluding hydrogens is 352 g/mol. The third kappa shape index (κ3) is 5.77. The molecule has 0 aliphatic rings. The number of ether oxygens (including phenoxy) is 1. The number of Topliss-reactive ketones (excluding diaryl/α,β-unsaturated/α-hetero) is 1. The molecule has 26 heavy (non-hydrogen) atoms. The number of benzene rings is 1. The third-order valence-corrected chi connectivity index (χ3v) is 4.64. The number of ketones is 1. The average molecular weight is 374 g/mol. The highest BCUT2D eigenvalue weighted by molar-refractivity contribution is 7.13. The van der Waals surface area contributed by atoms with Crippen LogP contribution >= 0.6 is 11.3 Å². The second-order valence-electron chi connectivity index (χ2n) is 5.90. The smallest absolute Gasteiger partial charge is 0.311 e. The van der Waals surface area contributed by atoms with E-state index in [2.05, 4.69) is 10.3 Å². The molecule has 0 saturated carbocycles. The predicted molar refractivity (Wildman–Crippen MR) is 101 cm³/mol. The molecule has 138 valence electrons. The average Bonchev–Trinajstić information content (AvgIpc) is 3.02. The van der Waals surface area contributed by atoms with Crippen molar-refractivity contribution < 1.29 is 19.1 Å². The molecule has 1 aromatic carbocycles. The van der Waals surface area contributed by atoms with E-state index in [0.717, 1.165) is 11.1 Å². The Hall–Kier alpha value is -2.54. The molecule has 0 spiro atoms. The van der Waals surface area contributed by atoms with E-state index < -0.39 is 0 Å². The second kappa shape index (κ2) is 9.24. The standard InChI is InChI=1S/C19H22N2O4S/c1-4-25-18(24)10-15-11-26-19(20-15)21-17(23)8-7-16(22)14-6-5-12(2)13(3)9-14/h5-6,9,11H,4,7-8,10H2,1-3H3,(H,20,21,23). The number of amides is 1. The number of nitrogens with one attached hydrogen (secondary N) is 1. The molecule has 1 aromatic heterocycles. The molecule has 0 aliphatic heterocycles. The molecule has 2 rings (SSSR count). The lowest BCUT2D eigenvalue weighted by Crippen LogP contribution is -2.14. The molecule has 7 heteroatoms. The van der Waals surface area contributed by atoms with Gasteiger partial charge in [-0.2, -0.15) is 0 Å². The van der Waals surface area contributed by atoms with Gasteiger partial charge < -0.3 is 10.1 Å². The summed E-state index contributed by atoms with van der Waals surface area (Å²) < 4.78 is 4.86. The van der Waals surface area contributed by atoms with Crippen molar-refractivity contribution in [3.05, 3.63) is 46.0 Å². The first-order valence-corrected chi connectivity index (χ1v) is 9.27. The molecule has 0 unspecified atom stereocenters. The monoisotopic (exact) mass is 374 g/mol. The SMILES string of the molecule is CCOC(=O)Cc1csc(NC(=O)CCC(=O)c2ccc(C)c(C)c2)n1. The predicted octanol–water partition coefficient (Wildman–Crippen LogP) is 3.47. The van der Waals surface area contributed by atoms with Crippen LogP contribution in [0.2, 0.25) is 0 Å². The van der Waals surface area contributed by atoms with E-state index in [4.69, 9.17) is 4.74 Å². The molecule has 0 radical (unpaired) electrons. The van der Waals surface area contributed by atoms with E-state index in [-0.39, 0.29) is 36.9 Å². The van der Waals surface area contributed by atoms with Crippen molar-refractivity contribution in [3.8, 4) is 0 Å². The van der Waals surface area contributed by atoms with Gasteiger partial charge >= 0.3 is 5.97 Å². The summed E-state index contributed by atoms with van der Waals surface area (Å²) in [5.41, 5.74) is 3.35. The highest BCUT2D eigenvalue weighted by Crippen LogP contribution is 2.17. The lowest BCUT2D eigenvalue weighted by molar-refractivity contribution is -0.142. The lowest BCUT2D eigenvalue weighted by atomic mass is 10.0. The fourth-order valence-corrected chi connectivity index (χ4v) is 3.00. The molecule has 0 aliphatic carbocycles. The summed E-state index contributed by atoms with van der Waals surface area (Å²) in [6.45, 7) is 6.00. The minimum absolute atomic E-state index is 0.0645. The van der Waals surface area contributed by atoms with Gasteiger partial charge in [-0.3, -0.25) is 14.4 Å². The van der Waals surface area contributed by atoms with E-state index in [1.54, 1.807) is 18.4 Å². The molecule has 1 amide bonds. The van der Waals surface area contributed by atoms with Crippen molar-refractivity contribution in [1.82, 2.24) is 4.98 Å². The molecule has 0 saturated heterocycles. The van der Waals surface area contributed by atoms with Gasteiger partial charge in [0, 0.05) is 23.8 Å². The van der Waals surface area contributed by atoms with Gasteiger partial charge in [0.2, 0.25) is 5.91 Å². The van der Waals surface area contributed by atoms with Crippen LogP contribution < -0.4 is 5.32 Å². The Bertz CT molecular complexity index is 814. The number of aromatic nitrogens is 1. The fraction of sp³-hybridized carbons (Fsp3) is 0.368. The summed E-state index contributed by atoms with van der Waals surface area (Å²) in [7, 11) is 0. The number of nitrogens with zero attached hydrogens (tertiary/aromatic N) is 1. The summed E-state index contributed by atoms with van der Waals surface area (Å²) in [5, 5.41) is 4.77. The van der Waals surface area contributed by atoms with E-state index in [9.17, 15) is 14.4 Å². The Labute approximate surface area is 156 Å². The van der Waals surface area contributed by atoms with Crippen molar-refractivity contribution in [1.29, 1.82) is 0 Å². The highest BCUT2D eigenvalue weighted by atomic mass is 32.1. The zero-order chi connectivity index (χ0) is 19.1. The van der Waals surface area contributed by atoms with Crippen molar-refractivity contribution in [3.63, 3.8) is 0 Å². The molecule has 2 aromatic rings. The summed E-state index contributed by atoms with van der Waals surface area (Å²) >= 11 is 1.24. The van der Waals surface area contributed by atoms with E-state index in [1.807, 2.05) is 26.0 Å². The minimum Gasteiger partial charge on any atom is -0.466 e. The Morgan fingerprint density at radius 2 is 1.92 bits per heavy atom. The van der Waals surface area contributed by atoms with Gasteiger partial charge in [0.1, 0.15) is 0 Å². The maximum Gasteiger partial charge on any atom is 0.311 e. The van der Waals surface area contributed by atoms with Gasteiger partial charge in [-0.1, -0.05) is 12.1 Å². The van der Waals surface area contributed by atoms with Gasteiger partial charge in [-0.25, -0.2) is 4.98 Å². The number of hydrogen-bond donors (Lipinski definition) is 1. The highest BCUT2D eigenvalue weighted by Gasteiger charge is 2.13. The van der Waals surface area contributed by atoms with Gasteiger partial charge in [0.15, 0.2) is 10.9 Å². The largest absolute Gasteiger partial charge is 0.466 e. The van der Waals surface area contributed by atoms with Crippen LogP contribution in [0.3, 0.4) is 0 Å². The van der Waals surface area contributed by atoms with E-state index >= 15 is 0 Å². The minimum atomic E-state index is -0.352. The zero-order valence-electron chi connectivity index (χ0n) is 15.1. The van der Waals surface area contributed by atoms with Crippen LogP contribution in [0.15, 0.2) is 23.6 Å². The van der Waals surface area contributed by atoms with Gasteiger partial charge in [-0.15, -0.1) is 11.3 Å². The summed E-state index contributed by atoms with van der Waals surface area (Å²) in [6.07, 6.45) is 0.291. The van der Waals surface area contributed by atoms with Gasteiger partial charge in [-0.05, 0) is 38.0 Å². The van der Waals surface area contributed by atoms with Crippen LogP contribution in [-0.4, -0.2) is 29.3 Å². The van der Waals surface area contributed by atoms with Crippen molar-refractivity contribution in [2.45, 2.75) is 40.0 Å². The number of thiazole rings is 1. The maximum atomic E-state index is 12.2. The normalized spacial score (nSPS) is 10.4.